The Hall–Kier alpha value is -2.58. The van der Waals surface area contributed by atoms with Gasteiger partial charge in [-0.15, -0.1) is 0 Å². The Morgan fingerprint density at radius 3 is 2.77 bits per heavy atom. The maximum atomic E-state index is 12.8. The summed E-state index contributed by atoms with van der Waals surface area (Å²) in [5.74, 6) is 1.54. The maximum Gasteiger partial charge on any atom is 0.222 e. The molecule has 0 aliphatic carbocycles. The quantitative estimate of drug-likeness (QED) is 0.731. The molecule has 4 heterocycles. The second-order valence-electron chi connectivity index (χ2n) is 8.22. The van der Waals surface area contributed by atoms with Gasteiger partial charge in [0.2, 0.25) is 5.91 Å². The fourth-order valence-electron chi connectivity index (χ4n) is 4.22. The zero-order valence-corrected chi connectivity index (χ0v) is 18.1. The lowest BCUT2D eigenvalue weighted by atomic mass is 10.1. The maximum absolute atomic E-state index is 12.8. The fourth-order valence-corrected chi connectivity index (χ4v) is 4.22. The van der Waals surface area contributed by atoms with Crippen LogP contribution in [0.15, 0.2) is 36.8 Å². The smallest absolute Gasteiger partial charge is 0.222 e. The summed E-state index contributed by atoms with van der Waals surface area (Å²) in [6.45, 7) is 5.11. The Bertz CT molecular complexity index is 826. The van der Waals surface area contributed by atoms with E-state index in [-0.39, 0.29) is 12.0 Å². The van der Waals surface area contributed by atoms with Gasteiger partial charge >= 0.3 is 0 Å². The first-order valence-corrected chi connectivity index (χ1v) is 11.4. The largest absolute Gasteiger partial charge is 0.368 e. The molecule has 4 rings (SSSR count). The minimum Gasteiger partial charge on any atom is -0.368 e. The van der Waals surface area contributed by atoms with E-state index in [1.54, 1.807) is 18.6 Å². The normalized spacial score (nSPS) is 20.3. The molecule has 2 saturated heterocycles. The van der Waals surface area contributed by atoms with Crippen molar-refractivity contribution in [3.05, 3.63) is 42.5 Å². The zero-order valence-electron chi connectivity index (χ0n) is 18.1. The van der Waals surface area contributed by atoms with Crippen LogP contribution in [-0.2, 0) is 9.53 Å². The van der Waals surface area contributed by atoms with E-state index >= 15 is 0 Å². The molecule has 0 bridgehead atoms. The van der Waals surface area contributed by atoms with Crippen LogP contribution in [0.2, 0.25) is 0 Å². The van der Waals surface area contributed by atoms with Gasteiger partial charge in [0.1, 0.15) is 17.7 Å². The summed E-state index contributed by atoms with van der Waals surface area (Å²) in [7, 11) is 0. The predicted octanol–water partition coefficient (Wildman–Crippen LogP) is 3.17. The molecule has 0 saturated carbocycles. The Balaban J connectivity index is 1.28. The lowest BCUT2D eigenvalue weighted by molar-refractivity contribution is -0.139. The molecule has 0 unspecified atom stereocenters. The fraction of sp³-hybridized carbons (Fsp3) is 0.565. The molecule has 0 aromatic carbocycles. The summed E-state index contributed by atoms with van der Waals surface area (Å²) < 4.78 is 5.94. The molecular weight excluding hydrogens is 392 g/mol. The zero-order chi connectivity index (χ0) is 21.3. The van der Waals surface area contributed by atoms with Crippen LogP contribution in [0.5, 0.6) is 0 Å². The van der Waals surface area contributed by atoms with Crippen molar-refractivity contribution < 1.29 is 9.53 Å². The molecule has 1 amide bonds. The average Bonchev–Trinajstić information content (AvgIpc) is 3.09. The van der Waals surface area contributed by atoms with Gasteiger partial charge in [-0.05, 0) is 51.0 Å². The summed E-state index contributed by atoms with van der Waals surface area (Å²) >= 11 is 0. The molecule has 2 aromatic rings. The van der Waals surface area contributed by atoms with Crippen molar-refractivity contribution in [2.75, 3.05) is 44.6 Å². The third-order valence-electron chi connectivity index (χ3n) is 5.90. The highest BCUT2D eigenvalue weighted by atomic mass is 16.5. The molecule has 2 aliphatic rings. The van der Waals surface area contributed by atoms with Gasteiger partial charge in [0.15, 0.2) is 0 Å². The van der Waals surface area contributed by atoms with Crippen LogP contribution in [0.3, 0.4) is 0 Å². The Morgan fingerprint density at radius 1 is 1.10 bits per heavy atom. The number of amides is 1. The summed E-state index contributed by atoms with van der Waals surface area (Å²) in [5.41, 5.74) is 0.816. The molecular formula is C23H32N6O2. The molecule has 0 spiro atoms. The number of nitrogens with one attached hydrogen (secondary N) is 1. The second-order valence-corrected chi connectivity index (χ2v) is 8.22. The van der Waals surface area contributed by atoms with Crippen LogP contribution in [0, 0.1) is 0 Å². The highest BCUT2D eigenvalue weighted by molar-refractivity contribution is 5.76. The Labute approximate surface area is 184 Å². The Morgan fingerprint density at radius 2 is 1.97 bits per heavy atom. The molecule has 8 heteroatoms. The van der Waals surface area contributed by atoms with Crippen molar-refractivity contribution in [1.82, 2.24) is 24.8 Å². The van der Waals surface area contributed by atoms with Crippen molar-refractivity contribution in [3.8, 4) is 0 Å². The van der Waals surface area contributed by atoms with E-state index in [0.29, 0.717) is 37.8 Å². The monoisotopic (exact) mass is 424 g/mol. The van der Waals surface area contributed by atoms with Crippen LogP contribution in [0.1, 0.15) is 50.3 Å². The van der Waals surface area contributed by atoms with Crippen molar-refractivity contribution in [3.63, 3.8) is 0 Å². The van der Waals surface area contributed by atoms with Crippen molar-refractivity contribution in [2.24, 2.45) is 0 Å². The van der Waals surface area contributed by atoms with E-state index in [9.17, 15) is 4.79 Å². The number of likely N-dealkylation sites (tertiary alicyclic amines) is 1. The molecule has 0 radical (unpaired) electrons. The van der Waals surface area contributed by atoms with Gasteiger partial charge in [0.05, 0.1) is 25.0 Å². The SMILES string of the molecule is O=C(CCCN1CCCCCC1)N1CCO[C@H](c2cccc(Nc3cnccn3)n2)C1. The molecule has 2 fully saturated rings. The highest BCUT2D eigenvalue weighted by Crippen LogP contribution is 2.23. The van der Waals surface area contributed by atoms with Crippen molar-refractivity contribution >= 4 is 17.5 Å². The molecule has 166 valence electrons. The molecule has 1 atom stereocenters. The highest BCUT2D eigenvalue weighted by Gasteiger charge is 2.26. The van der Waals surface area contributed by atoms with Crippen LogP contribution in [-0.4, -0.2) is 70.0 Å². The summed E-state index contributed by atoms with van der Waals surface area (Å²) in [6.07, 6.45) is 11.5. The molecule has 31 heavy (non-hydrogen) atoms. The first kappa shape index (κ1) is 21.6. The molecule has 8 nitrogen and oxygen atoms in total. The number of nitrogens with zero attached hydrogens (tertiary/aromatic N) is 5. The molecule has 1 N–H and O–H groups in total. The number of aromatic nitrogens is 3. The number of pyridine rings is 1. The van der Waals surface area contributed by atoms with Gasteiger partial charge in [0, 0.05) is 25.4 Å². The van der Waals surface area contributed by atoms with Gasteiger partial charge in [-0.1, -0.05) is 18.9 Å². The molecule has 2 aromatic heterocycles. The standard InChI is InChI=1S/C23H32N6O2/c30-23(9-6-14-28-12-3-1-2-4-13-28)29-15-16-31-20(18-29)19-7-5-8-21(26-19)27-22-17-24-10-11-25-22/h5,7-8,10-11,17,20H,1-4,6,9,12-16,18H2,(H,25,26,27)/t20-/m0/s1. The number of hydrogen-bond acceptors (Lipinski definition) is 7. The van der Waals surface area contributed by atoms with Gasteiger partial charge in [0.25, 0.3) is 0 Å². The third kappa shape index (κ3) is 6.45. The van der Waals surface area contributed by atoms with E-state index in [1.807, 2.05) is 23.1 Å². The van der Waals surface area contributed by atoms with Crippen LogP contribution in [0.25, 0.3) is 0 Å². The predicted molar refractivity (Wildman–Crippen MR) is 119 cm³/mol. The van der Waals surface area contributed by atoms with E-state index in [2.05, 4.69) is 25.2 Å². The van der Waals surface area contributed by atoms with Gasteiger partial charge in [-0.25, -0.2) is 9.97 Å². The summed E-state index contributed by atoms with van der Waals surface area (Å²) in [4.78, 5) is 30.2. The van der Waals surface area contributed by atoms with Gasteiger partial charge in [-0.2, -0.15) is 0 Å². The minimum atomic E-state index is -0.216. The first-order chi connectivity index (χ1) is 15.3. The van der Waals surface area contributed by atoms with E-state index in [0.717, 1.165) is 18.7 Å². The minimum absolute atomic E-state index is 0.216. The summed E-state index contributed by atoms with van der Waals surface area (Å²) in [6, 6.07) is 5.76. The number of hydrogen-bond donors (Lipinski definition) is 1. The van der Waals surface area contributed by atoms with Crippen LogP contribution >= 0.6 is 0 Å². The third-order valence-corrected chi connectivity index (χ3v) is 5.90. The lowest BCUT2D eigenvalue weighted by Crippen LogP contribution is -2.42. The van der Waals surface area contributed by atoms with E-state index < -0.39 is 0 Å². The Kier molecular flexibility index (Phi) is 7.79. The number of carbonyl (C=O) groups is 1. The number of morpholine rings is 1. The number of carbonyl (C=O) groups excluding carboxylic acids is 1. The lowest BCUT2D eigenvalue weighted by Gasteiger charge is -2.33. The van der Waals surface area contributed by atoms with Crippen LogP contribution < -0.4 is 5.32 Å². The number of rotatable bonds is 7. The second kappa shape index (κ2) is 11.2. The molecule has 2 aliphatic heterocycles. The topological polar surface area (TPSA) is 83.5 Å². The number of ether oxygens (including phenoxy) is 1. The van der Waals surface area contributed by atoms with Gasteiger partial charge < -0.3 is 19.9 Å². The van der Waals surface area contributed by atoms with E-state index in [1.165, 1.54) is 38.8 Å². The van der Waals surface area contributed by atoms with Crippen LogP contribution in [0.4, 0.5) is 11.6 Å². The summed E-state index contributed by atoms with van der Waals surface area (Å²) in [5, 5.41) is 3.16. The van der Waals surface area contributed by atoms with Gasteiger partial charge in [-0.3, -0.25) is 9.78 Å². The van der Waals surface area contributed by atoms with Crippen molar-refractivity contribution in [1.29, 1.82) is 0 Å². The van der Waals surface area contributed by atoms with Crippen molar-refractivity contribution in [2.45, 2.75) is 44.6 Å². The number of anilines is 2. The van der Waals surface area contributed by atoms with E-state index in [4.69, 9.17) is 4.74 Å². The average molecular weight is 425 g/mol. The first-order valence-electron chi connectivity index (χ1n) is 11.4.